The van der Waals surface area contributed by atoms with Crippen molar-refractivity contribution in [3.8, 4) is 11.5 Å². The Kier molecular flexibility index (Phi) is 8.11. The molecule has 1 fully saturated rings. The first kappa shape index (κ1) is 22.1. The number of nitrogens with one attached hydrogen (secondary N) is 1. The highest BCUT2D eigenvalue weighted by Gasteiger charge is 2.23. The van der Waals surface area contributed by atoms with Gasteiger partial charge in [0.2, 0.25) is 0 Å². The van der Waals surface area contributed by atoms with E-state index in [0.29, 0.717) is 36.4 Å². The van der Waals surface area contributed by atoms with Crippen LogP contribution < -0.4 is 10.1 Å². The number of phenolic OH excluding ortho intramolecular Hbond substituents is 1. The Morgan fingerprint density at radius 3 is 2.37 bits per heavy atom. The van der Waals surface area contributed by atoms with E-state index < -0.39 is 6.10 Å². The summed E-state index contributed by atoms with van der Waals surface area (Å²) in [5.74, 6) is 1.04. The first-order chi connectivity index (χ1) is 14.5. The molecule has 3 N–H and O–H groups in total. The minimum atomic E-state index is -0.591. The molecule has 162 valence electrons. The molecule has 3 rings (SSSR count). The van der Waals surface area contributed by atoms with Crippen LogP contribution in [0.15, 0.2) is 48.5 Å². The number of phenols is 1. The Morgan fingerprint density at radius 1 is 1.07 bits per heavy atom. The van der Waals surface area contributed by atoms with Gasteiger partial charge in [-0.05, 0) is 80.5 Å². The summed E-state index contributed by atoms with van der Waals surface area (Å²) in [5.41, 5.74) is 1.86. The highest BCUT2D eigenvalue weighted by Crippen LogP contribution is 2.33. The van der Waals surface area contributed by atoms with Gasteiger partial charge in [0.1, 0.15) is 24.2 Å². The van der Waals surface area contributed by atoms with E-state index in [9.17, 15) is 15.0 Å². The molecule has 2 aromatic carbocycles. The number of aliphatic hydroxyl groups is 1. The van der Waals surface area contributed by atoms with Crippen LogP contribution in [0.4, 0.5) is 0 Å². The molecule has 0 bridgehead atoms. The first-order valence-corrected chi connectivity index (χ1v) is 10.7. The molecule has 2 aromatic rings. The topological polar surface area (TPSA) is 88.0 Å². The third-order valence-corrected chi connectivity index (χ3v) is 5.54. The zero-order chi connectivity index (χ0) is 21.3. The van der Waals surface area contributed by atoms with Crippen LogP contribution in [-0.2, 0) is 4.74 Å². The van der Waals surface area contributed by atoms with Gasteiger partial charge in [0.25, 0.3) is 0 Å². The number of hydrogen-bond donors (Lipinski definition) is 3. The quantitative estimate of drug-likeness (QED) is 0.544. The molecule has 1 aliphatic carbocycles. The maximum absolute atomic E-state index is 11.8. The second-order valence-electron chi connectivity index (χ2n) is 7.76. The van der Waals surface area contributed by atoms with E-state index in [1.54, 1.807) is 31.2 Å². The number of rotatable bonds is 9. The highest BCUT2D eigenvalue weighted by atomic mass is 16.5. The van der Waals surface area contributed by atoms with Crippen LogP contribution in [0.5, 0.6) is 11.5 Å². The molecular weight excluding hydrogens is 382 g/mol. The van der Waals surface area contributed by atoms with Crippen LogP contribution in [0.2, 0.25) is 0 Å². The van der Waals surface area contributed by atoms with Crippen LogP contribution in [0, 0.1) is 0 Å². The number of carbonyl (C=O) groups excluding carboxylic acids is 1. The van der Waals surface area contributed by atoms with Crippen LogP contribution in [0.25, 0.3) is 0 Å². The normalized spacial score (nSPS) is 19.8. The fraction of sp³-hybridized carbons (Fsp3) is 0.458. The van der Waals surface area contributed by atoms with Crippen molar-refractivity contribution in [2.24, 2.45) is 0 Å². The van der Waals surface area contributed by atoms with Gasteiger partial charge in [-0.1, -0.05) is 12.1 Å². The predicted octanol–water partition coefficient (Wildman–Crippen LogP) is 3.62. The van der Waals surface area contributed by atoms with Gasteiger partial charge in [-0.2, -0.15) is 0 Å². The number of hydrogen-bond acceptors (Lipinski definition) is 6. The average molecular weight is 414 g/mol. The van der Waals surface area contributed by atoms with Crippen LogP contribution in [0.3, 0.4) is 0 Å². The van der Waals surface area contributed by atoms with E-state index in [4.69, 9.17) is 9.47 Å². The van der Waals surface area contributed by atoms with Crippen molar-refractivity contribution in [3.05, 3.63) is 59.7 Å². The SMILES string of the molecule is CCOC(=O)c1ccc([C@H]2CC[C@H](NC[C@H](O)COc3ccc(O)cc3)CC2)cc1. The number of benzene rings is 2. The summed E-state index contributed by atoms with van der Waals surface area (Å²) >= 11 is 0. The van der Waals surface area contributed by atoms with Crippen molar-refractivity contribution < 1.29 is 24.5 Å². The van der Waals surface area contributed by atoms with Gasteiger partial charge in [0, 0.05) is 12.6 Å². The van der Waals surface area contributed by atoms with Crippen molar-refractivity contribution in [2.45, 2.75) is 50.7 Å². The molecule has 1 saturated carbocycles. The van der Waals surface area contributed by atoms with Crippen molar-refractivity contribution >= 4 is 5.97 Å². The summed E-state index contributed by atoms with van der Waals surface area (Å²) in [6.45, 7) is 2.89. The van der Waals surface area contributed by atoms with E-state index in [1.807, 2.05) is 24.3 Å². The number of carbonyl (C=O) groups is 1. The van der Waals surface area contributed by atoms with E-state index >= 15 is 0 Å². The first-order valence-electron chi connectivity index (χ1n) is 10.7. The van der Waals surface area contributed by atoms with Crippen molar-refractivity contribution in [2.75, 3.05) is 19.8 Å². The average Bonchev–Trinajstić information content (AvgIpc) is 2.78. The molecule has 1 atom stereocenters. The summed E-state index contributed by atoms with van der Waals surface area (Å²) in [6.07, 6.45) is 3.67. The lowest BCUT2D eigenvalue weighted by Crippen LogP contribution is -2.39. The Balaban J connectivity index is 1.37. The highest BCUT2D eigenvalue weighted by molar-refractivity contribution is 5.89. The van der Waals surface area contributed by atoms with Gasteiger partial charge in [-0.25, -0.2) is 4.79 Å². The standard InChI is InChI=1S/C24H31NO5/c1-2-29-24(28)19-5-3-17(4-6-19)18-7-9-20(10-8-18)25-15-22(27)16-30-23-13-11-21(26)12-14-23/h3-6,11-14,18,20,22,25-27H,2,7-10,15-16H2,1H3/t18-,20-,22-/m0/s1. The van der Waals surface area contributed by atoms with E-state index in [0.717, 1.165) is 25.7 Å². The van der Waals surface area contributed by atoms with Gasteiger partial charge in [-0.3, -0.25) is 0 Å². The Bertz CT molecular complexity index is 782. The van der Waals surface area contributed by atoms with E-state index in [2.05, 4.69) is 5.32 Å². The van der Waals surface area contributed by atoms with Gasteiger partial charge < -0.3 is 25.0 Å². The summed E-state index contributed by atoms with van der Waals surface area (Å²) in [4.78, 5) is 11.8. The van der Waals surface area contributed by atoms with Gasteiger partial charge in [-0.15, -0.1) is 0 Å². The molecule has 0 amide bonds. The monoisotopic (exact) mass is 413 g/mol. The molecule has 1 aliphatic rings. The van der Waals surface area contributed by atoms with Gasteiger partial charge >= 0.3 is 5.97 Å². The fourth-order valence-corrected chi connectivity index (χ4v) is 3.83. The Hall–Kier alpha value is -2.57. The lowest BCUT2D eigenvalue weighted by Gasteiger charge is -2.30. The Morgan fingerprint density at radius 2 is 1.73 bits per heavy atom. The number of esters is 1. The van der Waals surface area contributed by atoms with Crippen LogP contribution in [-0.4, -0.2) is 48.1 Å². The van der Waals surface area contributed by atoms with Crippen molar-refractivity contribution in [3.63, 3.8) is 0 Å². The summed E-state index contributed by atoms with van der Waals surface area (Å²) in [5, 5.41) is 22.9. The van der Waals surface area contributed by atoms with E-state index in [-0.39, 0.29) is 18.3 Å². The number of aromatic hydroxyl groups is 1. The number of aliphatic hydroxyl groups excluding tert-OH is 1. The molecule has 30 heavy (non-hydrogen) atoms. The molecular formula is C24H31NO5. The third kappa shape index (κ3) is 6.47. The molecule has 0 radical (unpaired) electrons. The molecule has 0 aromatic heterocycles. The second kappa shape index (κ2) is 11.0. The fourth-order valence-electron chi connectivity index (χ4n) is 3.83. The maximum atomic E-state index is 11.8. The molecule has 0 aliphatic heterocycles. The summed E-state index contributed by atoms with van der Waals surface area (Å²) in [6, 6.07) is 14.6. The lowest BCUT2D eigenvalue weighted by atomic mass is 9.81. The molecule has 6 heteroatoms. The third-order valence-electron chi connectivity index (χ3n) is 5.54. The van der Waals surface area contributed by atoms with Gasteiger partial charge in [0.05, 0.1) is 12.2 Å². The predicted molar refractivity (Wildman–Crippen MR) is 115 cm³/mol. The minimum Gasteiger partial charge on any atom is -0.508 e. The van der Waals surface area contributed by atoms with Crippen LogP contribution >= 0.6 is 0 Å². The maximum Gasteiger partial charge on any atom is 0.338 e. The smallest absolute Gasteiger partial charge is 0.338 e. The van der Waals surface area contributed by atoms with Crippen molar-refractivity contribution in [1.29, 1.82) is 0 Å². The minimum absolute atomic E-state index is 0.190. The van der Waals surface area contributed by atoms with E-state index in [1.165, 1.54) is 5.56 Å². The number of ether oxygens (including phenoxy) is 2. The Labute approximate surface area is 177 Å². The molecule has 0 heterocycles. The summed E-state index contributed by atoms with van der Waals surface area (Å²) in [7, 11) is 0. The largest absolute Gasteiger partial charge is 0.508 e. The molecule has 0 unspecified atom stereocenters. The second-order valence-corrected chi connectivity index (χ2v) is 7.76. The summed E-state index contributed by atoms with van der Waals surface area (Å²) < 4.78 is 10.6. The van der Waals surface area contributed by atoms with Gasteiger partial charge in [0.15, 0.2) is 0 Å². The van der Waals surface area contributed by atoms with Crippen molar-refractivity contribution in [1.82, 2.24) is 5.32 Å². The van der Waals surface area contributed by atoms with Crippen LogP contribution in [0.1, 0.15) is 54.4 Å². The lowest BCUT2D eigenvalue weighted by molar-refractivity contribution is 0.0526. The molecule has 0 saturated heterocycles. The zero-order valence-corrected chi connectivity index (χ0v) is 17.4. The zero-order valence-electron chi connectivity index (χ0n) is 17.4. The molecule has 6 nitrogen and oxygen atoms in total. The molecule has 0 spiro atoms.